The van der Waals surface area contributed by atoms with Gasteiger partial charge in [-0.1, -0.05) is 41.4 Å². The van der Waals surface area contributed by atoms with Crippen LogP contribution in [0.2, 0.25) is 10.0 Å². The second-order valence-electron chi connectivity index (χ2n) is 10.0. The highest BCUT2D eigenvalue weighted by Gasteiger charge is 2.41. The van der Waals surface area contributed by atoms with Crippen molar-refractivity contribution in [2.45, 2.75) is 31.2 Å². The highest BCUT2D eigenvalue weighted by molar-refractivity contribution is 6.42. The van der Waals surface area contributed by atoms with E-state index < -0.39 is 0 Å². The maximum Gasteiger partial charge on any atom is 0.270 e. The molecule has 2 aromatic carbocycles. The molecule has 3 heterocycles. The van der Waals surface area contributed by atoms with Crippen molar-refractivity contribution >= 4 is 46.6 Å². The number of amides is 2. The number of morpholine rings is 1. The third-order valence-corrected chi connectivity index (χ3v) is 8.34. The van der Waals surface area contributed by atoms with Crippen LogP contribution in [0.15, 0.2) is 52.7 Å². The van der Waals surface area contributed by atoms with Gasteiger partial charge in [0, 0.05) is 52.0 Å². The second kappa shape index (κ2) is 12.0. The molecule has 8 nitrogen and oxygen atoms in total. The highest BCUT2D eigenvalue weighted by atomic mass is 35.5. The topological polar surface area (TPSA) is 77.8 Å². The number of nitrogens with zero attached hydrogens (tertiary/aromatic N) is 5. The minimum Gasteiger partial charge on any atom is -0.378 e. The van der Waals surface area contributed by atoms with Gasteiger partial charge >= 0.3 is 0 Å². The van der Waals surface area contributed by atoms with E-state index in [1.165, 1.54) is 12.1 Å². The molecule has 206 valence electrons. The van der Waals surface area contributed by atoms with Crippen LogP contribution < -0.4 is 0 Å². The Morgan fingerprint density at radius 2 is 1.77 bits per heavy atom. The second-order valence-corrected chi connectivity index (χ2v) is 10.8. The molecule has 2 saturated heterocycles. The molecule has 0 unspecified atom stereocenters. The Morgan fingerprint density at radius 3 is 2.44 bits per heavy atom. The summed E-state index contributed by atoms with van der Waals surface area (Å²) in [6.07, 6.45) is 1.28. The van der Waals surface area contributed by atoms with E-state index >= 15 is 0 Å². The van der Waals surface area contributed by atoms with Crippen LogP contribution in [0.4, 0.5) is 4.39 Å². The summed E-state index contributed by atoms with van der Waals surface area (Å²) >= 11 is 12.5. The Balaban J connectivity index is 1.35. The monoisotopic (exact) mass is 573 g/mol. The molecule has 0 aromatic heterocycles. The lowest BCUT2D eigenvalue weighted by atomic mass is 9.93. The van der Waals surface area contributed by atoms with Crippen molar-refractivity contribution in [3.8, 4) is 0 Å². The predicted molar refractivity (Wildman–Crippen MR) is 149 cm³/mol. The van der Waals surface area contributed by atoms with E-state index in [1.807, 2.05) is 6.07 Å². The van der Waals surface area contributed by atoms with Gasteiger partial charge in [0.25, 0.3) is 5.91 Å². The molecule has 0 N–H and O–H groups in total. The molecule has 0 saturated carbocycles. The van der Waals surface area contributed by atoms with E-state index in [0.29, 0.717) is 54.9 Å². The third kappa shape index (κ3) is 6.26. The number of likely N-dealkylation sites (N-methyl/N-ethyl adjacent to an activating group) is 1. The Hall–Kier alpha value is -3.01. The van der Waals surface area contributed by atoms with E-state index in [-0.39, 0.29) is 36.0 Å². The average Bonchev–Trinajstić information content (AvgIpc) is 3.41. The van der Waals surface area contributed by atoms with Gasteiger partial charge in [0.1, 0.15) is 17.4 Å². The molecule has 2 fully saturated rings. The van der Waals surface area contributed by atoms with E-state index in [9.17, 15) is 14.0 Å². The molecular formula is C28H30Cl2FN5O3. The number of carbonyl (C=O) groups is 2. The molecule has 2 aromatic rings. The van der Waals surface area contributed by atoms with Gasteiger partial charge in [0.2, 0.25) is 5.91 Å². The number of carbonyl (C=O) groups excluding carboxylic acids is 2. The number of amidine groups is 1. The first-order valence-corrected chi connectivity index (χ1v) is 13.8. The van der Waals surface area contributed by atoms with Crippen LogP contribution >= 0.6 is 23.2 Å². The van der Waals surface area contributed by atoms with Crippen LogP contribution in [0.25, 0.3) is 0 Å². The molecule has 2 atom stereocenters. The number of ether oxygens (including phenoxy) is 1. The summed E-state index contributed by atoms with van der Waals surface area (Å²) < 4.78 is 18.7. The fourth-order valence-electron chi connectivity index (χ4n) is 5.33. The summed E-state index contributed by atoms with van der Waals surface area (Å²) in [5.41, 5.74) is 2.03. The zero-order valence-corrected chi connectivity index (χ0v) is 23.2. The maximum absolute atomic E-state index is 13.5. The number of benzene rings is 2. The van der Waals surface area contributed by atoms with Gasteiger partial charge in [-0.2, -0.15) is 0 Å². The lowest BCUT2D eigenvalue weighted by Gasteiger charge is -2.30. The van der Waals surface area contributed by atoms with E-state index in [4.69, 9.17) is 27.9 Å². The minimum absolute atomic E-state index is 0.124. The molecule has 0 spiro atoms. The smallest absolute Gasteiger partial charge is 0.270 e. The standard InChI is InChI=1S/C28H30Cl2FN5O3/c1-34(27(37)14-18-2-5-20(31)6-3-18)25-17-36(16-21(25)19-4-7-22(29)23(30)15-19)28(38)24-8-9-26(33-32-24)35-10-12-39-13-11-35/h2-7,15,21,25H,8-14,16-17H2,1H3/t21-,25+/m1/s1. The molecule has 2 amide bonds. The number of hydrogen-bond donors (Lipinski definition) is 0. The van der Waals surface area contributed by atoms with Crippen LogP contribution in [0.3, 0.4) is 0 Å². The van der Waals surface area contributed by atoms with Crippen molar-refractivity contribution in [2.24, 2.45) is 10.2 Å². The Kier molecular flexibility index (Phi) is 8.49. The summed E-state index contributed by atoms with van der Waals surface area (Å²) in [6.45, 7) is 3.60. The van der Waals surface area contributed by atoms with Crippen LogP contribution in [0.1, 0.15) is 29.9 Å². The summed E-state index contributed by atoms with van der Waals surface area (Å²) in [7, 11) is 1.74. The first-order chi connectivity index (χ1) is 18.8. The number of hydrogen-bond acceptors (Lipinski definition) is 6. The van der Waals surface area contributed by atoms with E-state index in [1.54, 1.807) is 41.1 Å². The normalized spacial score (nSPS) is 21.4. The maximum atomic E-state index is 13.5. The molecule has 0 bridgehead atoms. The SMILES string of the molecule is CN(C(=O)Cc1ccc(F)cc1)[C@H]1CN(C(=O)C2=NN=C(N3CCOCC3)CC2)C[C@@H]1c1ccc(Cl)c(Cl)c1. The number of rotatable bonds is 5. The van der Waals surface area contributed by atoms with Crippen LogP contribution in [0, 0.1) is 5.82 Å². The zero-order chi connectivity index (χ0) is 27.5. The van der Waals surface area contributed by atoms with Gasteiger partial charge in [-0.05, 0) is 35.4 Å². The lowest BCUT2D eigenvalue weighted by molar-refractivity contribution is -0.132. The first kappa shape index (κ1) is 27.6. The van der Waals surface area contributed by atoms with Crippen molar-refractivity contribution in [2.75, 3.05) is 46.4 Å². The molecular weight excluding hydrogens is 544 g/mol. The van der Waals surface area contributed by atoms with Crippen molar-refractivity contribution in [3.05, 3.63) is 69.5 Å². The lowest BCUT2D eigenvalue weighted by Crippen LogP contribution is -2.44. The first-order valence-electron chi connectivity index (χ1n) is 13.0. The van der Waals surface area contributed by atoms with Gasteiger partial charge in [-0.25, -0.2) is 4.39 Å². The Morgan fingerprint density at radius 1 is 1.03 bits per heavy atom. The van der Waals surface area contributed by atoms with E-state index in [0.717, 1.165) is 30.1 Å². The van der Waals surface area contributed by atoms with Gasteiger partial charge < -0.3 is 19.4 Å². The van der Waals surface area contributed by atoms with E-state index in [2.05, 4.69) is 15.1 Å². The molecule has 39 heavy (non-hydrogen) atoms. The summed E-state index contributed by atoms with van der Waals surface area (Å²) in [6, 6.07) is 11.0. The molecule has 5 rings (SSSR count). The average molecular weight is 574 g/mol. The fraction of sp³-hybridized carbons (Fsp3) is 0.429. The molecule has 3 aliphatic rings. The zero-order valence-electron chi connectivity index (χ0n) is 21.7. The van der Waals surface area contributed by atoms with Crippen molar-refractivity contribution < 1.29 is 18.7 Å². The number of likely N-dealkylation sites (tertiary alicyclic amines) is 1. The summed E-state index contributed by atoms with van der Waals surface area (Å²) in [5, 5.41) is 9.52. The van der Waals surface area contributed by atoms with Crippen LogP contribution in [-0.2, 0) is 20.7 Å². The largest absolute Gasteiger partial charge is 0.378 e. The third-order valence-electron chi connectivity index (χ3n) is 7.60. The van der Waals surface area contributed by atoms with Crippen molar-refractivity contribution in [1.29, 1.82) is 0 Å². The quantitative estimate of drug-likeness (QED) is 0.541. The Labute approximate surface area is 237 Å². The van der Waals surface area contributed by atoms with Crippen LogP contribution in [-0.4, -0.2) is 90.5 Å². The van der Waals surface area contributed by atoms with Crippen LogP contribution in [0.5, 0.6) is 0 Å². The van der Waals surface area contributed by atoms with Crippen molar-refractivity contribution in [1.82, 2.24) is 14.7 Å². The fourth-order valence-corrected chi connectivity index (χ4v) is 5.63. The van der Waals surface area contributed by atoms with Gasteiger partial charge in [0.15, 0.2) is 0 Å². The molecule has 0 aliphatic carbocycles. The van der Waals surface area contributed by atoms with Gasteiger partial charge in [-0.15, -0.1) is 10.2 Å². The van der Waals surface area contributed by atoms with Gasteiger partial charge in [0.05, 0.1) is 35.7 Å². The summed E-state index contributed by atoms with van der Waals surface area (Å²) in [4.78, 5) is 32.4. The van der Waals surface area contributed by atoms with Gasteiger partial charge in [-0.3, -0.25) is 9.59 Å². The highest BCUT2D eigenvalue weighted by Crippen LogP contribution is 2.35. The van der Waals surface area contributed by atoms with Crippen molar-refractivity contribution in [3.63, 3.8) is 0 Å². The molecule has 3 aliphatic heterocycles. The molecule has 0 radical (unpaired) electrons. The molecule has 11 heteroatoms. The Bertz CT molecular complexity index is 1300. The summed E-state index contributed by atoms with van der Waals surface area (Å²) in [5.74, 6) is 0.0556. The minimum atomic E-state index is -0.351. The number of halogens is 3. The predicted octanol–water partition coefficient (Wildman–Crippen LogP) is 4.01.